The summed E-state index contributed by atoms with van der Waals surface area (Å²) >= 11 is 0. The highest BCUT2D eigenvalue weighted by atomic mass is 32.2. The van der Waals surface area contributed by atoms with E-state index >= 15 is 0 Å². The largest absolute Gasteiger partial charge is 0.435 e. The summed E-state index contributed by atoms with van der Waals surface area (Å²) in [7, 11) is -2.88. The quantitative estimate of drug-likeness (QED) is 0.661. The van der Waals surface area contributed by atoms with Crippen molar-refractivity contribution >= 4 is 9.84 Å². The zero-order chi connectivity index (χ0) is 21.3. The third-order valence-corrected chi connectivity index (χ3v) is 10.5. The van der Waals surface area contributed by atoms with Crippen LogP contribution >= 0.6 is 0 Å². The Kier molecular flexibility index (Phi) is 3.61. The molecule has 1 aromatic heterocycles. The van der Waals surface area contributed by atoms with Gasteiger partial charge in [0.25, 0.3) is 6.43 Å². The molecule has 6 fully saturated rings. The van der Waals surface area contributed by atoms with Crippen LogP contribution in [0, 0.1) is 23.2 Å². The molecule has 7 rings (SSSR count). The van der Waals surface area contributed by atoms with Crippen molar-refractivity contribution < 1.29 is 30.4 Å². The molecule has 3 heterocycles. The van der Waals surface area contributed by atoms with Crippen molar-refractivity contribution in [3.8, 4) is 0 Å². The lowest BCUT2D eigenvalue weighted by molar-refractivity contribution is -0.141. The summed E-state index contributed by atoms with van der Waals surface area (Å²) in [5.41, 5.74) is -1.26. The summed E-state index contributed by atoms with van der Waals surface area (Å²) < 4.78 is 89.5. The maximum absolute atomic E-state index is 13.2. The van der Waals surface area contributed by atoms with Gasteiger partial charge in [-0.3, -0.25) is 4.68 Å². The number of aromatic nitrogens is 2. The number of sulfone groups is 1. The van der Waals surface area contributed by atoms with Crippen LogP contribution in [0.5, 0.6) is 0 Å². The number of hydrogen-bond acceptors (Lipinski definition) is 4. The van der Waals surface area contributed by atoms with Crippen molar-refractivity contribution in [2.75, 3.05) is 24.6 Å². The fourth-order valence-electron chi connectivity index (χ4n) is 7.25. The van der Waals surface area contributed by atoms with Crippen molar-refractivity contribution in [3.05, 3.63) is 17.5 Å². The van der Waals surface area contributed by atoms with E-state index in [1.54, 1.807) is 0 Å². The molecule has 0 radical (unpaired) electrons. The van der Waals surface area contributed by atoms with Crippen LogP contribution < -0.4 is 0 Å². The van der Waals surface area contributed by atoms with Crippen molar-refractivity contribution in [1.29, 1.82) is 0 Å². The summed E-state index contributed by atoms with van der Waals surface area (Å²) in [5.74, 6) is 1.27. The van der Waals surface area contributed by atoms with Crippen LogP contribution in [0.1, 0.15) is 30.7 Å². The van der Waals surface area contributed by atoms with Crippen LogP contribution in [0.3, 0.4) is 0 Å². The molecule has 2 aliphatic heterocycles. The van der Waals surface area contributed by atoms with E-state index in [1.165, 1.54) is 0 Å². The summed E-state index contributed by atoms with van der Waals surface area (Å²) in [6, 6.07) is 1.24. The Morgan fingerprint density at radius 1 is 1.17 bits per heavy atom. The van der Waals surface area contributed by atoms with Gasteiger partial charge in [0, 0.05) is 22.6 Å². The third kappa shape index (κ3) is 2.47. The SMILES string of the molecule is O=S1(=O)CC2(CCN([C@H]3C[C@@H]4[C@@H]5C3[C@@]45c3cc(C(F)(F)F)nn3CC(F)F)CC2)C1. The monoisotopic (exact) mass is 451 g/mol. The fourth-order valence-corrected chi connectivity index (χ4v) is 9.61. The van der Waals surface area contributed by atoms with Crippen LogP contribution in [-0.4, -0.2) is 60.2 Å². The van der Waals surface area contributed by atoms with E-state index in [0.717, 1.165) is 43.1 Å². The van der Waals surface area contributed by atoms with Gasteiger partial charge in [-0.1, -0.05) is 0 Å². The molecule has 5 nitrogen and oxygen atoms in total. The lowest BCUT2D eigenvalue weighted by atomic mass is 9.80. The summed E-state index contributed by atoms with van der Waals surface area (Å²) in [5, 5.41) is 3.48. The first-order valence-corrected chi connectivity index (χ1v) is 12.2. The van der Waals surface area contributed by atoms with E-state index in [4.69, 9.17) is 0 Å². The number of fused-ring (bicyclic) bond motifs is 1. The van der Waals surface area contributed by atoms with Gasteiger partial charge in [0.05, 0.1) is 11.5 Å². The van der Waals surface area contributed by atoms with Gasteiger partial charge in [-0.05, 0) is 56.2 Å². The maximum Gasteiger partial charge on any atom is 0.435 e. The minimum Gasteiger partial charge on any atom is -0.300 e. The first kappa shape index (κ1) is 19.5. The van der Waals surface area contributed by atoms with Crippen LogP contribution in [0.25, 0.3) is 0 Å². The van der Waals surface area contributed by atoms with Gasteiger partial charge in [0.1, 0.15) is 6.54 Å². The molecule has 0 N–H and O–H groups in total. The number of likely N-dealkylation sites (tertiary alicyclic amines) is 1. The van der Waals surface area contributed by atoms with E-state index in [2.05, 4.69) is 10.00 Å². The number of halogens is 5. The molecular weight excluding hydrogens is 429 g/mol. The molecule has 4 aliphatic carbocycles. The molecule has 11 heteroatoms. The molecule has 1 aromatic rings. The molecule has 166 valence electrons. The highest BCUT2D eigenvalue weighted by Crippen LogP contribution is 2.91. The van der Waals surface area contributed by atoms with Crippen molar-refractivity contribution in [3.63, 3.8) is 0 Å². The van der Waals surface area contributed by atoms with Gasteiger partial charge in [-0.25, -0.2) is 17.2 Å². The zero-order valence-corrected chi connectivity index (χ0v) is 16.9. The summed E-state index contributed by atoms with van der Waals surface area (Å²) in [6.07, 6.45) is -4.87. The molecule has 6 aliphatic rings. The zero-order valence-electron chi connectivity index (χ0n) is 16.1. The van der Waals surface area contributed by atoms with Crippen LogP contribution in [0.15, 0.2) is 6.07 Å². The highest BCUT2D eigenvalue weighted by Gasteiger charge is 2.93. The predicted octanol–water partition coefficient (Wildman–Crippen LogP) is 2.56. The van der Waals surface area contributed by atoms with E-state index in [1.807, 2.05) is 0 Å². The molecule has 1 unspecified atom stereocenters. The average molecular weight is 451 g/mol. The molecule has 1 spiro atoms. The highest BCUT2D eigenvalue weighted by molar-refractivity contribution is 7.92. The lowest BCUT2D eigenvalue weighted by Gasteiger charge is -2.48. The van der Waals surface area contributed by atoms with E-state index in [-0.39, 0.29) is 40.7 Å². The molecule has 0 amide bonds. The maximum atomic E-state index is 13.2. The summed E-state index contributed by atoms with van der Waals surface area (Å²) in [4.78, 5) is 2.36. The number of piperidine rings is 1. The molecule has 4 saturated carbocycles. The third-order valence-electron chi connectivity index (χ3n) is 8.43. The standard InChI is InChI=1S/C19H22F5N3O2S/c20-14(21)7-27-13(6-12(25-27)19(22,23)24)18-10-5-11(16(18)15(10)18)26-3-1-17(2-4-26)8-30(28,29)9-17/h6,10-11,14-16H,1-5,7-9H2/t10-,11+,15-,16?,18-/m1/s1. The second-order valence-corrected chi connectivity index (χ2v) is 12.0. The number of nitrogens with zero attached hydrogens (tertiary/aromatic N) is 3. The number of alkyl halides is 5. The second kappa shape index (κ2) is 5.57. The predicted molar refractivity (Wildman–Crippen MR) is 95.7 cm³/mol. The number of hydrogen-bond donors (Lipinski definition) is 0. The van der Waals surface area contributed by atoms with Crippen molar-refractivity contribution in [2.24, 2.45) is 23.2 Å². The normalized spacial score (nSPS) is 40.5. The minimum atomic E-state index is -4.65. The van der Waals surface area contributed by atoms with Crippen LogP contribution in [0.4, 0.5) is 22.0 Å². The fraction of sp³-hybridized carbons (Fsp3) is 0.842. The topological polar surface area (TPSA) is 55.2 Å². The second-order valence-electron chi connectivity index (χ2n) is 9.95. The molecular formula is C19H22F5N3O2S. The van der Waals surface area contributed by atoms with Gasteiger partial charge in [0.2, 0.25) is 0 Å². The Hall–Kier alpha value is -1.23. The Morgan fingerprint density at radius 3 is 2.37 bits per heavy atom. The first-order chi connectivity index (χ1) is 14.0. The Labute approximate surface area is 170 Å². The van der Waals surface area contributed by atoms with Crippen molar-refractivity contribution in [2.45, 2.75) is 49.9 Å². The van der Waals surface area contributed by atoms with Gasteiger partial charge in [-0.15, -0.1) is 0 Å². The molecule has 5 atom stereocenters. The minimum absolute atomic E-state index is 0.0844. The average Bonchev–Trinajstić information content (AvgIpc) is 3.17. The van der Waals surface area contributed by atoms with Crippen molar-refractivity contribution in [1.82, 2.24) is 14.7 Å². The van der Waals surface area contributed by atoms with Gasteiger partial charge in [0.15, 0.2) is 15.5 Å². The molecule has 0 aromatic carbocycles. The lowest BCUT2D eigenvalue weighted by Crippen LogP contribution is -2.56. The summed E-state index contributed by atoms with van der Waals surface area (Å²) in [6.45, 7) is 0.789. The van der Waals surface area contributed by atoms with Gasteiger partial charge >= 0.3 is 6.18 Å². The first-order valence-electron chi connectivity index (χ1n) is 10.4. The Balaban J connectivity index is 1.20. The number of rotatable bonds is 4. The molecule has 30 heavy (non-hydrogen) atoms. The van der Waals surface area contributed by atoms with Crippen LogP contribution in [0.2, 0.25) is 0 Å². The molecule has 2 saturated heterocycles. The van der Waals surface area contributed by atoms with E-state index < -0.39 is 40.1 Å². The van der Waals surface area contributed by atoms with Gasteiger partial charge < -0.3 is 4.90 Å². The van der Waals surface area contributed by atoms with Gasteiger partial charge in [-0.2, -0.15) is 18.3 Å². The Morgan fingerprint density at radius 2 is 1.83 bits per heavy atom. The smallest absolute Gasteiger partial charge is 0.300 e. The molecule has 2 bridgehead atoms. The Bertz CT molecular complexity index is 994. The van der Waals surface area contributed by atoms with E-state index in [0.29, 0.717) is 5.69 Å². The van der Waals surface area contributed by atoms with E-state index in [9.17, 15) is 30.4 Å². The van der Waals surface area contributed by atoms with Crippen LogP contribution in [-0.2, 0) is 28.0 Å².